The number of primary amides is 1. The molecule has 1 aliphatic heterocycles. The number of carbonyl (C=O) groups is 4. The molecule has 0 spiro atoms. The predicted octanol–water partition coefficient (Wildman–Crippen LogP) is 4.89. The Morgan fingerprint density at radius 1 is 1.17 bits per heavy atom. The molecule has 2 aliphatic rings. The number of ketones is 2. The van der Waals surface area contributed by atoms with E-state index >= 15 is 0 Å². The van der Waals surface area contributed by atoms with Crippen LogP contribution in [0.4, 0.5) is 4.79 Å². The summed E-state index contributed by atoms with van der Waals surface area (Å²) in [5.41, 5.74) is 6.54. The van der Waals surface area contributed by atoms with Gasteiger partial charge in [0.15, 0.2) is 0 Å². The maximum Gasteiger partial charge on any atom is 0.404 e. The number of carbonyl (C=O) groups excluding carboxylic acids is 4. The third-order valence-electron chi connectivity index (χ3n) is 7.68. The second kappa shape index (κ2) is 20.4. The van der Waals surface area contributed by atoms with E-state index in [1.807, 2.05) is 39.0 Å². The minimum absolute atomic E-state index is 0.0228. The number of aliphatic hydroxyl groups is 1. The number of methoxy groups -OCH3 is 2. The van der Waals surface area contributed by atoms with Gasteiger partial charge in [-0.3, -0.25) is 14.4 Å². The normalized spacial score (nSPS) is 26.0. The van der Waals surface area contributed by atoms with Crippen LogP contribution in [0.2, 0.25) is 0 Å². The first-order chi connectivity index (χ1) is 22.4. The minimum Gasteiger partial charge on any atom is -0.468 e. The molecule has 1 aliphatic carbocycles. The Morgan fingerprint density at radius 2 is 1.89 bits per heavy atom. The molecule has 0 fully saturated rings. The van der Waals surface area contributed by atoms with E-state index in [0.29, 0.717) is 54.9 Å². The molecular formula is C35H49N3O8S. The Balaban J connectivity index is 0.00000142. The highest BCUT2D eigenvalue weighted by atomic mass is 32.2. The van der Waals surface area contributed by atoms with Gasteiger partial charge < -0.3 is 35.4 Å². The molecule has 4 unspecified atom stereocenters. The summed E-state index contributed by atoms with van der Waals surface area (Å²) >= 11 is 1.66. The molecule has 11 nitrogen and oxygen atoms in total. The average molecular weight is 672 g/mol. The maximum absolute atomic E-state index is 13.6. The summed E-state index contributed by atoms with van der Waals surface area (Å²) in [5, 5.41) is 16.7. The van der Waals surface area contributed by atoms with Gasteiger partial charge in [-0.05, 0) is 57.6 Å². The fourth-order valence-electron chi connectivity index (χ4n) is 4.95. The second-order valence-electron chi connectivity index (χ2n) is 11.7. The van der Waals surface area contributed by atoms with Crippen molar-refractivity contribution in [1.29, 1.82) is 0 Å². The van der Waals surface area contributed by atoms with Crippen LogP contribution in [0.25, 0.3) is 0 Å². The van der Waals surface area contributed by atoms with Gasteiger partial charge in [0.1, 0.15) is 5.76 Å². The highest BCUT2D eigenvalue weighted by Gasteiger charge is 2.31. The standard InChI is InChI=1S/C33H44N2O6S.C2H5NO2/c1-21-11-12-29(36)24(4)16-22(2)17-25(40-5)9-6-8-23(3)33(39)35-28-19-30(37)31(27(18-21)32(28)38)34-13-15-42-20-26-10-7-14-41-26;1-5-2(3)4/h6-10,14,16,19,21,24-25,29,34,36H,11-13,15,17-18,20H2,1-5H3,(H,35,39);1H3,(H2,3,4)/b9-6-,22-16+,23-8+;. The molecule has 0 radical (unpaired) electrons. The van der Waals surface area contributed by atoms with E-state index in [-0.39, 0.29) is 40.9 Å². The maximum atomic E-state index is 13.6. The van der Waals surface area contributed by atoms with Crippen LogP contribution < -0.4 is 16.4 Å². The zero-order valence-electron chi connectivity index (χ0n) is 28.2. The molecule has 1 aromatic rings. The molecule has 0 aromatic carbocycles. The number of aliphatic hydroxyl groups excluding tert-OH is 1. The van der Waals surface area contributed by atoms with Crippen LogP contribution in [-0.2, 0) is 29.6 Å². The first-order valence-electron chi connectivity index (χ1n) is 15.6. The number of rotatable bonds is 7. The number of fused-ring (bicyclic) bond motifs is 2. The number of Topliss-reactive ketones (excluding diaryl/α,β-unsaturated/α-hetero) is 1. The van der Waals surface area contributed by atoms with Gasteiger partial charge in [-0.25, -0.2) is 4.79 Å². The molecule has 258 valence electrons. The van der Waals surface area contributed by atoms with Crippen molar-refractivity contribution in [3.05, 3.63) is 82.6 Å². The van der Waals surface area contributed by atoms with Gasteiger partial charge in [0.25, 0.3) is 5.91 Å². The zero-order chi connectivity index (χ0) is 34.9. The number of nitrogens with one attached hydrogen (secondary N) is 2. The van der Waals surface area contributed by atoms with E-state index in [2.05, 4.69) is 27.2 Å². The zero-order valence-corrected chi connectivity index (χ0v) is 29.0. The van der Waals surface area contributed by atoms with Crippen molar-refractivity contribution in [1.82, 2.24) is 10.6 Å². The summed E-state index contributed by atoms with van der Waals surface area (Å²) in [6, 6.07) is 3.76. The first kappa shape index (κ1) is 39.3. The minimum atomic E-state index is -0.745. The lowest BCUT2D eigenvalue weighted by molar-refractivity contribution is -0.120. The van der Waals surface area contributed by atoms with Crippen LogP contribution in [0.15, 0.2) is 81.3 Å². The monoisotopic (exact) mass is 671 g/mol. The Labute approximate surface area is 281 Å². The molecule has 5 N–H and O–H groups in total. The van der Waals surface area contributed by atoms with Crippen LogP contribution >= 0.6 is 11.8 Å². The van der Waals surface area contributed by atoms with Crippen molar-refractivity contribution in [2.75, 3.05) is 26.5 Å². The van der Waals surface area contributed by atoms with Crippen molar-refractivity contribution in [3.8, 4) is 0 Å². The number of hydrogen-bond donors (Lipinski definition) is 4. The molecule has 47 heavy (non-hydrogen) atoms. The highest BCUT2D eigenvalue weighted by molar-refractivity contribution is 7.98. The van der Waals surface area contributed by atoms with Crippen LogP contribution in [0, 0.1) is 11.8 Å². The summed E-state index contributed by atoms with van der Waals surface area (Å²) in [7, 11) is 2.86. The molecule has 4 atom stereocenters. The van der Waals surface area contributed by atoms with Crippen molar-refractivity contribution in [2.45, 2.75) is 71.3 Å². The number of ether oxygens (including phenoxy) is 2. The van der Waals surface area contributed by atoms with Crippen LogP contribution in [0.3, 0.4) is 0 Å². The summed E-state index contributed by atoms with van der Waals surface area (Å²) < 4.78 is 14.8. The van der Waals surface area contributed by atoms with Gasteiger partial charge in [-0.15, -0.1) is 0 Å². The lowest BCUT2D eigenvalue weighted by Crippen LogP contribution is -2.36. The lowest BCUT2D eigenvalue weighted by Gasteiger charge is -2.24. The topological polar surface area (TPSA) is 170 Å². The fraction of sp³-hybridized carbons (Fsp3) is 0.486. The van der Waals surface area contributed by atoms with Gasteiger partial charge in [0.05, 0.1) is 42.7 Å². The Kier molecular flexibility index (Phi) is 17.0. The predicted molar refractivity (Wildman–Crippen MR) is 183 cm³/mol. The van der Waals surface area contributed by atoms with Crippen molar-refractivity contribution in [2.24, 2.45) is 17.6 Å². The first-order valence-corrected chi connectivity index (χ1v) is 16.8. The van der Waals surface area contributed by atoms with E-state index in [9.17, 15) is 24.3 Å². The van der Waals surface area contributed by atoms with Crippen molar-refractivity contribution < 1.29 is 38.2 Å². The lowest BCUT2D eigenvalue weighted by atomic mass is 9.86. The van der Waals surface area contributed by atoms with E-state index in [4.69, 9.17) is 9.15 Å². The number of furan rings is 1. The summed E-state index contributed by atoms with van der Waals surface area (Å²) in [5.74, 6) is 1.11. The third kappa shape index (κ3) is 13.8. The van der Waals surface area contributed by atoms with Gasteiger partial charge in [0, 0.05) is 42.5 Å². The van der Waals surface area contributed by atoms with Gasteiger partial charge in [-0.1, -0.05) is 43.7 Å². The number of amides is 2. The molecule has 2 amide bonds. The largest absolute Gasteiger partial charge is 0.468 e. The van der Waals surface area contributed by atoms with Crippen molar-refractivity contribution >= 4 is 35.3 Å². The molecule has 12 heteroatoms. The van der Waals surface area contributed by atoms with Crippen LogP contribution in [-0.4, -0.2) is 67.4 Å². The molecule has 0 saturated carbocycles. The third-order valence-corrected chi connectivity index (χ3v) is 8.66. The number of thioether (sulfide) groups is 1. The van der Waals surface area contributed by atoms with E-state index in [1.165, 1.54) is 13.2 Å². The second-order valence-corrected chi connectivity index (χ2v) is 12.8. The van der Waals surface area contributed by atoms with E-state index in [1.54, 1.807) is 44.2 Å². The smallest absolute Gasteiger partial charge is 0.404 e. The van der Waals surface area contributed by atoms with Crippen molar-refractivity contribution in [3.63, 3.8) is 0 Å². The average Bonchev–Trinajstić information content (AvgIpc) is 3.55. The summed E-state index contributed by atoms with van der Waals surface area (Å²) in [6.45, 7) is 8.18. The summed E-state index contributed by atoms with van der Waals surface area (Å²) in [4.78, 5) is 49.2. The van der Waals surface area contributed by atoms with Crippen LogP contribution in [0.1, 0.15) is 59.1 Å². The molecular weight excluding hydrogens is 622 g/mol. The van der Waals surface area contributed by atoms with Gasteiger partial charge in [0.2, 0.25) is 11.6 Å². The van der Waals surface area contributed by atoms with E-state index < -0.39 is 18.1 Å². The Morgan fingerprint density at radius 3 is 2.53 bits per heavy atom. The molecule has 3 rings (SSSR count). The summed E-state index contributed by atoms with van der Waals surface area (Å²) in [6.07, 6.45) is 11.0. The SMILES string of the molecule is COC(N)=O.COC1/C=C\C=C(/C)C(=O)NC2=CC(=O)C(NCCSCc3ccco3)=C(CC(C)CCC(O)C(C)/C=C(\C)C1)C2=O. The number of nitrogens with two attached hydrogens (primary N) is 1. The van der Waals surface area contributed by atoms with Crippen LogP contribution in [0.5, 0.6) is 0 Å². The molecule has 0 saturated heterocycles. The fourth-order valence-corrected chi connectivity index (χ4v) is 5.71. The number of hydrogen-bond acceptors (Lipinski definition) is 10. The van der Waals surface area contributed by atoms with E-state index in [0.717, 1.165) is 11.3 Å². The van der Waals surface area contributed by atoms with Gasteiger partial charge >= 0.3 is 6.09 Å². The Bertz CT molecular complexity index is 1380. The number of allylic oxidation sites excluding steroid dienone is 4. The Hall–Kier alpha value is -3.87. The van der Waals surface area contributed by atoms with Gasteiger partial charge in [-0.2, -0.15) is 11.8 Å². The highest BCUT2D eigenvalue weighted by Crippen LogP contribution is 2.27. The molecule has 1 aromatic heterocycles. The quantitative estimate of drug-likeness (QED) is 0.178. The molecule has 2 bridgehead atoms. The molecule has 2 heterocycles.